The monoisotopic (exact) mass is 225 g/mol. The second-order valence-electron chi connectivity index (χ2n) is 4.38. The van der Waals surface area contributed by atoms with Crippen LogP contribution in [0.1, 0.15) is 36.4 Å². The summed E-state index contributed by atoms with van der Waals surface area (Å²) in [6, 6.07) is 0.216. The lowest BCUT2D eigenvalue weighted by molar-refractivity contribution is 0.458. The van der Waals surface area contributed by atoms with Gasteiger partial charge in [-0.3, -0.25) is 0 Å². The molecule has 3 nitrogen and oxygen atoms in total. The molecule has 0 bridgehead atoms. The molecule has 1 aliphatic heterocycles. The molecule has 84 valence electrons. The number of hydrogen-bond donors (Lipinski definition) is 2. The Kier molecular flexibility index (Phi) is 3.72. The zero-order chi connectivity index (χ0) is 10.7. The molecule has 1 atom stereocenters. The van der Waals surface area contributed by atoms with E-state index in [2.05, 4.69) is 15.7 Å². The third kappa shape index (κ3) is 3.00. The van der Waals surface area contributed by atoms with E-state index in [0.29, 0.717) is 5.92 Å². The average Bonchev–Trinajstić information content (AvgIpc) is 2.67. The number of nitrogens with one attached hydrogen (secondary N) is 1. The predicted octanol–water partition coefficient (Wildman–Crippen LogP) is 1.50. The molecule has 0 spiro atoms. The number of nitrogens with two attached hydrogens (primary N) is 1. The highest BCUT2D eigenvalue weighted by atomic mass is 32.1. The highest BCUT2D eigenvalue weighted by Crippen LogP contribution is 2.28. The second kappa shape index (κ2) is 5.05. The Hall–Kier alpha value is -0.450. The molecule has 1 saturated heterocycles. The summed E-state index contributed by atoms with van der Waals surface area (Å²) in [6.45, 7) is 4.29. The molecule has 0 amide bonds. The van der Waals surface area contributed by atoms with Crippen molar-refractivity contribution in [3.8, 4) is 0 Å². The lowest BCUT2D eigenvalue weighted by Gasteiger charge is -2.20. The first-order valence-electron chi connectivity index (χ1n) is 5.66. The first kappa shape index (κ1) is 11.0. The van der Waals surface area contributed by atoms with Gasteiger partial charge in [0, 0.05) is 23.8 Å². The van der Waals surface area contributed by atoms with Gasteiger partial charge in [-0.25, -0.2) is 4.98 Å². The van der Waals surface area contributed by atoms with Gasteiger partial charge in [0.25, 0.3) is 0 Å². The van der Waals surface area contributed by atoms with Gasteiger partial charge in [-0.15, -0.1) is 11.3 Å². The van der Waals surface area contributed by atoms with Gasteiger partial charge in [0.1, 0.15) is 0 Å². The summed E-state index contributed by atoms with van der Waals surface area (Å²) < 4.78 is 0. The maximum absolute atomic E-state index is 5.77. The fraction of sp³-hybridized carbons (Fsp3) is 0.727. The molecular formula is C11H19N3S. The highest BCUT2D eigenvalue weighted by Gasteiger charge is 2.18. The maximum Gasteiger partial charge on any atom is 0.0960 e. The summed E-state index contributed by atoms with van der Waals surface area (Å²) >= 11 is 1.80. The van der Waals surface area contributed by atoms with Gasteiger partial charge in [-0.05, 0) is 32.9 Å². The van der Waals surface area contributed by atoms with Gasteiger partial charge in [0.15, 0.2) is 0 Å². The quantitative estimate of drug-likeness (QED) is 0.819. The van der Waals surface area contributed by atoms with Crippen molar-refractivity contribution in [3.63, 3.8) is 0 Å². The summed E-state index contributed by atoms with van der Waals surface area (Å²) in [5, 5.41) is 6.86. The van der Waals surface area contributed by atoms with E-state index in [1.54, 1.807) is 11.3 Å². The Morgan fingerprint density at radius 1 is 1.60 bits per heavy atom. The van der Waals surface area contributed by atoms with Crippen molar-refractivity contribution < 1.29 is 0 Å². The minimum absolute atomic E-state index is 0.216. The van der Waals surface area contributed by atoms with Crippen molar-refractivity contribution in [1.82, 2.24) is 10.3 Å². The molecule has 3 N–H and O–H groups in total. The van der Waals surface area contributed by atoms with Crippen LogP contribution in [0.15, 0.2) is 5.38 Å². The highest BCUT2D eigenvalue weighted by molar-refractivity contribution is 7.09. The molecule has 0 aliphatic carbocycles. The van der Waals surface area contributed by atoms with E-state index in [9.17, 15) is 0 Å². The van der Waals surface area contributed by atoms with Gasteiger partial charge in [-0.2, -0.15) is 0 Å². The molecule has 0 saturated carbocycles. The van der Waals surface area contributed by atoms with Crippen LogP contribution in [-0.2, 0) is 6.42 Å². The molecule has 1 fully saturated rings. The number of hydrogen-bond acceptors (Lipinski definition) is 4. The van der Waals surface area contributed by atoms with E-state index in [1.807, 2.05) is 6.92 Å². The van der Waals surface area contributed by atoms with E-state index in [4.69, 9.17) is 5.73 Å². The predicted molar refractivity (Wildman–Crippen MR) is 64.3 cm³/mol. The Labute approximate surface area is 95.1 Å². The fourth-order valence-corrected chi connectivity index (χ4v) is 3.01. The van der Waals surface area contributed by atoms with E-state index >= 15 is 0 Å². The van der Waals surface area contributed by atoms with Crippen LogP contribution in [0.4, 0.5) is 0 Å². The van der Waals surface area contributed by atoms with Crippen LogP contribution in [0.25, 0.3) is 0 Å². The fourth-order valence-electron chi connectivity index (χ4n) is 2.00. The first-order chi connectivity index (χ1) is 7.25. The Morgan fingerprint density at radius 3 is 3.00 bits per heavy atom. The Balaban J connectivity index is 1.99. The lowest BCUT2D eigenvalue weighted by Crippen LogP contribution is -2.26. The van der Waals surface area contributed by atoms with Gasteiger partial charge < -0.3 is 11.1 Å². The van der Waals surface area contributed by atoms with Crippen molar-refractivity contribution in [1.29, 1.82) is 0 Å². The first-order valence-corrected chi connectivity index (χ1v) is 6.54. The topological polar surface area (TPSA) is 50.9 Å². The smallest absolute Gasteiger partial charge is 0.0960 e. The third-order valence-electron chi connectivity index (χ3n) is 2.79. The summed E-state index contributed by atoms with van der Waals surface area (Å²) in [5.74, 6) is 0.679. The van der Waals surface area contributed by atoms with E-state index in [0.717, 1.165) is 19.5 Å². The molecule has 0 aromatic carbocycles. The minimum atomic E-state index is 0.216. The molecule has 1 unspecified atom stereocenters. The number of thiazole rings is 1. The van der Waals surface area contributed by atoms with Crippen LogP contribution in [0.5, 0.6) is 0 Å². The van der Waals surface area contributed by atoms with Crippen LogP contribution < -0.4 is 11.1 Å². The SMILES string of the molecule is CC(N)Cc1csc(C2CCNCC2)n1. The molecule has 0 radical (unpaired) electrons. The number of rotatable bonds is 3. The van der Waals surface area contributed by atoms with Crippen molar-refractivity contribution in [3.05, 3.63) is 16.1 Å². The van der Waals surface area contributed by atoms with E-state index in [1.165, 1.54) is 23.5 Å². The van der Waals surface area contributed by atoms with Crippen molar-refractivity contribution in [2.24, 2.45) is 5.73 Å². The van der Waals surface area contributed by atoms with Gasteiger partial charge in [0.2, 0.25) is 0 Å². The zero-order valence-electron chi connectivity index (χ0n) is 9.20. The zero-order valence-corrected chi connectivity index (χ0v) is 10.0. The molecule has 2 rings (SSSR count). The van der Waals surface area contributed by atoms with E-state index in [-0.39, 0.29) is 6.04 Å². The molecule has 1 aliphatic rings. The largest absolute Gasteiger partial charge is 0.328 e. The minimum Gasteiger partial charge on any atom is -0.328 e. The average molecular weight is 225 g/mol. The summed E-state index contributed by atoms with van der Waals surface area (Å²) in [7, 11) is 0. The molecule has 1 aromatic rings. The van der Waals surface area contributed by atoms with Crippen LogP contribution in [0, 0.1) is 0 Å². The maximum atomic E-state index is 5.77. The summed E-state index contributed by atoms with van der Waals surface area (Å²) in [6.07, 6.45) is 3.36. The molecule has 2 heterocycles. The van der Waals surface area contributed by atoms with Crippen LogP contribution in [0.2, 0.25) is 0 Å². The normalized spacial score (nSPS) is 20.4. The molecule has 4 heteroatoms. The Bertz CT molecular complexity index is 303. The molecule has 1 aromatic heterocycles. The number of nitrogens with zero attached hydrogens (tertiary/aromatic N) is 1. The number of piperidine rings is 1. The van der Waals surface area contributed by atoms with Crippen LogP contribution in [0.3, 0.4) is 0 Å². The van der Waals surface area contributed by atoms with Crippen LogP contribution >= 0.6 is 11.3 Å². The van der Waals surface area contributed by atoms with Gasteiger partial charge >= 0.3 is 0 Å². The van der Waals surface area contributed by atoms with Gasteiger partial charge in [-0.1, -0.05) is 0 Å². The molecular weight excluding hydrogens is 206 g/mol. The standard InChI is InChI=1S/C11H19N3S/c1-8(12)6-10-7-15-11(14-10)9-2-4-13-5-3-9/h7-9,13H,2-6,12H2,1H3. The van der Waals surface area contributed by atoms with E-state index < -0.39 is 0 Å². The molecule has 15 heavy (non-hydrogen) atoms. The Morgan fingerprint density at radius 2 is 2.33 bits per heavy atom. The third-order valence-corrected chi connectivity index (χ3v) is 3.85. The lowest BCUT2D eigenvalue weighted by atomic mass is 9.99. The summed E-state index contributed by atoms with van der Waals surface area (Å²) in [5.41, 5.74) is 6.94. The van der Waals surface area contributed by atoms with Crippen LogP contribution in [-0.4, -0.2) is 24.1 Å². The second-order valence-corrected chi connectivity index (χ2v) is 5.27. The van der Waals surface area contributed by atoms with Crippen molar-refractivity contribution >= 4 is 11.3 Å². The van der Waals surface area contributed by atoms with Gasteiger partial charge in [0.05, 0.1) is 10.7 Å². The summed E-state index contributed by atoms with van der Waals surface area (Å²) in [4.78, 5) is 4.68. The number of aromatic nitrogens is 1. The van der Waals surface area contributed by atoms with Crippen molar-refractivity contribution in [2.45, 2.75) is 38.1 Å². The van der Waals surface area contributed by atoms with Crippen molar-refractivity contribution in [2.75, 3.05) is 13.1 Å².